The third-order valence-electron chi connectivity index (χ3n) is 3.18. The molecule has 0 amide bonds. The minimum Gasteiger partial charge on any atom is -0.382 e. The molecule has 0 aliphatic heterocycles. The lowest BCUT2D eigenvalue weighted by Crippen LogP contribution is -2.18. The summed E-state index contributed by atoms with van der Waals surface area (Å²) in [6.45, 7) is 11.1. The third-order valence-corrected chi connectivity index (χ3v) is 3.18. The van der Waals surface area contributed by atoms with Gasteiger partial charge in [0.15, 0.2) is 0 Å². The summed E-state index contributed by atoms with van der Waals surface area (Å²) in [7, 11) is 0. The van der Waals surface area contributed by atoms with Gasteiger partial charge in [-0.05, 0) is 42.9 Å². The Kier molecular flexibility index (Phi) is 4.85. The van der Waals surface area contributed by atoms with Gasteiger partial charge in [-0.1, -0.05) is 39.8 Å². The minimum absolute atomic E-state index is 0.581. The molecule has 1 aromatic rings. The fraction of sp³-hybridized carbons (Fsp3) is 0.600. The van der Waals surface area contributed by atoms with E-state index in [9.17, 15) is 0 Å². The monoisotopic (exact) mass is 219 g/mol. The summed E-state index contributed by atoms with van der Waals surface area (Å²) in [6.07, 6.45) is 2.37. The number of rotatable bonds is 5. The summed E-state index contributed by atoms with van der Waals surface area (Å²) in [4.78, 5) is 0. The zero-order valence-corrected chi connectivity index (χ0v) is 11.3. The van der Waals surface area contributed by atoms with E-state index in [0.717, 1.165) is 0 Å². The molecule has 0 heterocycles. The van der Waals surface area contributed by atoms with Crippen LogP contribution in [0.25, 0.3) is 0 Å². The van der Waals surface area contributed by atoms with Crippen molar-refractivity contribution >= 4 is 5.69 Å². The number of aryl methyl sites for hydroxylation is 1. The van der Waals surface area contributed by atoms with Crippen LogP contribution < -0.4 is 5.32 Å². The Hall–Kier alpha value is -0.980. The third kappa shape index (κ3) is 3.26. The molecule has 0 atom stereocenters. The summed E-state index contributed by atoms with van der Waals surface area (Å²) < 4.78 is 0. The molecule has 1 N–H and O–H groups in total. The van der Waals surface area contributed by atoms with Crippen LogP contribution in [0.1, 0.15) is 57.6 Å². The highest BCUT2D eigenvalue weighted by atomic mass is 14.9. The number of anilines is 1. The van der Waals surface area contributed by atoms with Crippen LogP contribution in [0.4, 0.5) is 5.69 Å². The molecule has 0 radical (unpaired) electrons. The van der Waals surface area contributed by atoms with Crippen molar-refractivity contribution in [2.24, 2.45) is 0 Å². The predicted octanol–water partition coefficient (Wildman–Crippen LogP) is 4.72. The molecule has 1 nitrogen and oxygen atoms in total. The minimum atomic E-state index is 0.581. The van der Waals surface area contributed by atoms with Gasteiger partial charge in [-0.2, -0.15) is 0 Å². The van der Waals surface area contributed by atoms with E-state index in [1.807, 2.05) is 0 Å². The molecule has 1 heteroatoms. The Bertz CT molecular complexity index is 324. The van der Waals surface area contributed by atoms with Crippen molar-refractivity contribution in [1.82, 2.24) is 0 Å². The van der Waals surface area contributed by atoms with Gasteiger partial charge in [0.1, 0.15) is 0 Å². The van der Waals surface area contributed by atoms with E-state index in [4.69, 9.17) is 0 Å². The van der Waals surface area contributed by atoms with E-state index < -0.39 is 0 Å². The number of nitrogens with one attached hydrogen (secondary N) is 1. The summed E-state index contributed by atoms with van der Waals surface area (Å²) in [5, 5.41) is 3.67. The molecule has 0 spiro atoms. The lowest BCUT2D eigenvalue weighted by atomic mass is 9.98. The predicted molar refractivity (Wildman–Crippen MR) is 73.3 cm³/mol. The summed E-state index contributed by atoms with van der Waals surface area (Å²) in [5.74, 6) is 0.581. The highest BCUT2D eigenvalue weighted by molar-refractivity contribution is 5.55. The number of benzene rings is 1. The van der Waals surface area contributed by atoms with Crippen LogP contribution in [0, 0.1) is 6.92 Å². The van der Waals surface area contributed by atoms with Crippen LogP contribution in [-0.4, -0.2) is 6.04 Å². The van der Waals surface area contributed by atoms with Gasteiger partial charge in [0.05, 0.1) is 0 Å². The zero-order chi connectivity index (χ0) is 12.1. The maximum absolute atomic E-state index is 3.67. The molecule has 0 bridgehead atoms. The molecule has 1 rings (SSSR count). The molecule has 0 aromatic heterocycles. The van der Waals surface area contributed by atoms with Gasteiger partial charge in [0.25, 0.3) is 0 Å². The Morgan fingerprint density at radius 3 is 2.25 bits per heavy atom. The van der Waals surface area contributed by atoms with Gasteiger partial charge in [-0.15, -0.1) is 0 Å². The lowest BCUT2D eigenvalue weighted by molar-refractivity contribution is 0.669. The molecular formula is C15H25N. The molecule has 90 valence electrons. The SMILES string of the molecule is CCC(CC)Nc1cc(C)ccc1C(C)C. The van der Waals surface area contributed by atoms with Crippen molar-refractivity contribution in [2.75, 3.05) is 5.32 Å². The van der Waals surface area contributed by atoms with Crippen LogP contribution in [-0.2, 0) is 0 Å². The first kappa shape index (κ1) is 13.1. The maximum atomic E-state index is 3.67. The smallest absolute Gasteiger partial charge is 0.0380 e. The fourth-order valence-corrected chi connectivity index (χ4v) is 2.01. The highest BCUT2D eigenvalue weighted by Crippen LogP contribution is 2.26. The van der Waals surface area contributed by atoms with Crippen molar-refractivity contribution in [2.45, 2.75) is 59.4 Å². The summed E-state index contributed by atoms with van der Waals surface area (Å²) in [6, 6.07) is 7.32. The van der Waals surface area contributed by atoms with Crippen LogP contribution in [0.15, 0.2) is 18.2 Å². The largest absolute Gasteiger partial charge is 0.382 e. The Balaban J connectivity index is 2.95. The second kappa shape index (κ2) is 5.93. The van der Waals surface area contributed by atoms with Crippen LogP contribution in [0.5, 0.6) is 0 Å². The molecule has 0 aliphatic carbocycles. The van der Waals surface area contributed by atoms with E-state index in [1.54, 1.807) is 0 Å². The molecule has 0 saturated carbocycles. The van der Waals surface area contributed by atoms with Crippen LogP contribution in [0.3, 0.4) is 0 Å². The van der Waals surface area contributed by atoms with E-state index >= 15 is 0 Å². The quantitative estimate of drug-likeness (QED) is 0.755. The average Bonchev–Trinajstić information content (AvgIpc) is 2.25. The van der Waals surface area contributed by atoms with Gasteiger partial charge in [-0.25, -0.2) is 0 Å². The zero-order valence-electron chi connectivity index (χ0n) is 11.3. The van der Waals surface area contributed by atoms with E-state index in [1.165, 1.54) is 29.7 Å². The molecule has 16 heavy (non-hydrogen) atoms. The van der Waals surface area contributed by atoms with E-state index in [2.05, 4.69) is 58.1 Å². The lowest BCUT2D eigenvalue weighted by Gasteiger charge is -2.21. The van der Waals surface area contributed by atoms with Gasteiger partial charge in [-0.3, -0.25) is 0 Å². The molecule has 0 unspecified atom stereocenters. The highest BCUT2D eigenvalue weighted by Gasteiger charge is 2.09. The Morgan fingerprint density at radius 2 is 1.75 bits per heavy atom. The van der Waals surface area contributed by atoms with Crippen molar-refractivity contribution in [3.05, 3.63) is 29.3 Å². The molecule has 0 fully saturated rings. The van der Waals surface area contributed by atoms with Crippen molar-refractivity contribution in [1.29, 1.82) is 0 Å². The van der Waals surface area contributed by atoms with Crippen molar-refractivity contribution in [3.63, 3.8) is 0 Å². The molecule has 0 aliphatic rings. The Labute approximate surface area is 100 Å². The normalized spacial score (nSPS) is 11.2. The van der Waals surface area contributed by atoms with Crippen LogP contribution in [0.2, 0.25) is 0 Å². The fourth-order valence-electron chi connectivity index (χ4n) is 2.01. The van der Waals surface area contributed by atoms with Crippen LogP contribution >= 0.6 is 0 Å². The Morgan fingerprint density at radius 1 is 1.12 bits per heavy atom. The second-order valence-corrected chi connectivity index (χ2v) is 4.90. The average molecular weight is 219 g/mol. The molecule has 1 aromatic carbocycles. The van der Waals surface area contributed by atoms with E-state index in [0.29, 0.717) is 12.0 Å². The summed E-state index contributed by atoms with van der Waals surface area (Å²) >= 11 is 0. The van der Waals surface area contributed by atoms with E-state index in [-0.39, 0.29) is 0 Å². The van der Waals surface area contributed by atoms with Crippen molar-refractivity contribution in [3.8, 4) is 0 Å². The van der Waals surface area contributed by atoms with Gasteiger partial charge in [0, 0.05) is 11.7 Å². The first-order chi connectivity index (χ1) is 7.58. The van der Waals surface area contributed by atoms with Gasteiger partial charge in [0.2, 0.25) is 0 Å². The second-order valence-electron chi connectivity index (χ2n) is 4.90. The molecular weight excluding hydrogens is 194 g/mol. The topological polar surface area (TPSA) is 12.0 Å². The number of hydrogen-bond donors (Lipinski definition) is 1. The maximum Gasteiger partial charge on any atom is 0.0380 e. The summed E-state index contributed by atoms with van der Waals surface area (Å²) in [5.41, 5.74) is 4.08. The standard InChI is InChI=1S/C15H25N/c1-6-13(7-2)16-15-10-12(5)8-9-14(15)11(3)4/h8-11,13,16H,6-7H2,1-5H3. The first-order valence-electron chi connectivity index (χ1n) is 6.45. The van der Waals surface area contributed by atoms with Gasteiger partial charge >= 0.3 is 0 Å². The molecule has 0 saturated heterocycles. The first-order valence-corrected chi connectivity index (χ1v) is 6.45. The van der Waals surface area contributed by atoms with Crippen molar-refractivity contribution < 1.29 is 0 Å². The van der Waals surface area contributed by atoms with Gasteiger partial charge < -0.3 is 5.32 Å². The number of hydrogen-bond acceptors (Lipinski definition) is 1.